The predicted molar refractivity (Wildman–Crippen MR) is 127 cm³/mol. The summed E-state index contributed by atoms with van der Waals surface area (Å²) in [6, 6.07) is 12.9. The summed E-state index contributed by atoms with van der Waals surface area (Å²) in [5.41, 5.74) is 3.26. The molecule has 0 saturated heterocycles. The van der Waals surface area contributed by atoms with Crippen LogP contribution in [0.3, 0.4) is 0 Å². The number of rotatable bonds is 8. The van der Waals surface area contributed by atoms with Gasteiger partial charge in [-0.05, 0) is 44.5 Å². The number of ether oxygens (including phenoxy) is 2. The van der Waals surface area contributed by atoms with Gasteiger partial charge in [0.2, 0.25) is 0 Å². The quantitative estimate of drug-likeness (QED) is 0.311. The first-order valence-electron chi connectivity index (χ1n) is 10.6. The van der Waals surface area contributed by atoms with E-state index in [1.807, 2.05) is 43.3 Å². The lowest BCUT2D eigenvalue weighted by Crippen LogP contribution is -2.20. The van der Waals surface area contributed by atoms with Crippen LogP contribution in [-0.2, 0) is 6.61 Å². The zero-order valence-electron chi connectivity index (χ0n) is 18.5. The van der Waals surface area contributed by atoms with E-state index < -0.39 is 5.92 Å². The number of nitrogens with one attached hydrogen (secondary N) is 4. The lowest BCUT2D eigenvalue weighted by atomic mass is 9.85. The number of benzene rings is 2. The summed E-state index contributed by atoms with van der Waals surface area (Å²) in [4.78, 5) is 25.3. The van der Waals surface area contributed by atoms with Crippen molar-refractivity contribution < 1.29 is 9.47 Å². The van der Waals surface area contributed by atoms with Gasteiger partial charge in [0.1, 0.15) is 6.61 Å². The highest BCUT2D eigenvalue weighted by Crippen LogP contribution is 2.37. The molecule has 33 heavy (non-hydrogen) atoms. The summed E-state index contributed by atoms with van der Waals surface area (Å²) < 4.78 is 11.9. The van der Waals surface area contributed by atoms with Gasteiger partial charge in [0.15, 0.2) is 11.5 Å². The van der Waals surface area contributed by atoms with E-state index in [1.165, 1.54) is 0 Å². The molecule has 0 aliphatic heterocycles. The van der Waals surface area contributed by atoms with Crippen molar-refractivity contribution in [3.05, 3.63) is 102 Å². The van der Waals surface area contributed by atoms with Crippen LogP contribution in [0.15, 0.2) is 52.1 Å². The fourth-order valence-electron chi connectivity index (χ4n) is 3.95. The number of halogens is 1. The maximum atomic E-state index is 12.7. The normalized spacial score (nSPS) is 11.2. The number of aromatic nitrogens is 4. The largest absolute Gasteiger partial charge is 0.490 e. The second kappa shape index (κ2) is 9.46. The molecule has 2 aromatic heterocycles. The molecular weight excluding hydrogens is 444 g/mol. The van der Waals surface area contributed by atoms with Crippen molar-refractivity contribution in [2.75, 3.05) is 6.61 Å². The molecule has 0 radical (unpaired) electrons. The number of hydrogen-bond acceptors (Lipinski definition) is 4. The topological polar surface area (TPSA) is 116 Å². The molecule has 0 amide bonds. The Balaban J connectivity index is 1.78. The Hall–Kier alpha value is -3.65. The summed E-state index contributed by atoms with van der Waals surface area (Å²) in [6.07, 6.45) is 0. The van der Waals surface area contributed by atoms with Crippen molar-refractivity contribution in [2.45, 2.75) is 33.3 Å². The van der Waals surface area contributed by atoms with Crippen LogP contribution in [0.4, 0.5) is 0 Å². The average molecular weight is 469 g/mol. The maximum absolute atomic E-state index is 12.7. The molecule has 4 rings (SSSR count). The molecule has 2 heterocycles. The minimum absolute atomic E-state index is 0.274. The van der Waals surface area contributed by atoms with E-state index >= 15 is 0 Å². The summed E-state index contributed by atoms with van der Waals surface area (Å²) >= 11 is 6.25. The first-order chi connectivity index (χ1) is 15.9. The number of aryl methyl sites for hydroxylation is 2. The Labute approximate surface area is 194 Å². The van der Waals surface area contributed by atoms with E-state index in [1.54, 1.807) is 19.9 Å². The van der Waals surface area contributed by atoms with Crippen LogP contribution in [0.1, 0.15) is 46.5 Å². The zero-order valence-corrected chi connectivity index (χ0v) is 19.3. The van der Waals surface area contributed by atoms with Crippen LogP contribution >= 0.6 is 11.6 Å². The van der Waals surface area contributed by atoms with Crippen molar-refractivity contribution in [2.24, 2.45) is 0 Å². The third-order valence-corrected chi connectivity index (χ3v) is 5.91. The third-order valence-electron chi connectivity index (χ3n) is 5.54. The predicted octanol–water partition coefficient (Wildman–Crippen LogP) is 4.15. The molecule has 0 aliphatic carbocycles. The Morgan fingerprint density at radius 3 is 2.03 bits per heavy atom. The summed E-state index contributed by atoms with van der Waals surface area (Å²) in [5.74, 6) is 0.451. The highest BCUT2D eigenvalue weighted by Gasteiger charge is 2.29. The molecule has 4 aromatic rings. The minimum Gasteiger partial charge on any atom is -0.490 e. The van der Waals surface area contributed by atoms with Crippen molar-refractivity contribution in [3.8, 4) is 11.5 Å². The van der Waals surface area contributed by atoms with Gasteiger partial charge in [-0.1, -0.05) is 35.9 Å². The van der Waals surface area contributed by atoms with Crippen LogP contribution in [0.25, 0.3) is 0 Å². The lowest BCUT2D eigenvalue weighted by molar-refractivity contribution is 0.269. The Bertz CT molecular complexity index is 1330. The molecule has 0 atom stereocenters. The smallest absolute Gasteiger partial charge is 0.268 e. The molecular formula is C24H25ClN4O4. The summed E-state index contributed by atoms with van der Waals surface area (Å²) in [5, 5.41) is 11.6. The van der Waals surface area contributed by atoms with Crippen molar-refractivity contribution in [1.29, 1.82) is 0 Å². The Kier molecular flexibility index (Phi) is 6.46. The van der Waals surface area contributed by atoms with Gasteiger partial charge in [0, 0.05) is 27.9 Å². The van der Waals surface area contributed by atoms with Gasteiger partial charge in [-0.25, -0.2) is 0 Å². The Morgan fingerprint density at radius 2 is 1.48 bits per heavy atom. The van der Waals surface area contributed by atoms with Gasteiger partial charge in [0.25, 0.3) is 11.1 Å². The van der Waals surface area contributed by atoms with Crippen molar-refractivity contribution in [3.63, 3.8) is 0 Å². The van der Waals surface area contributed by atoms with Crippen LogP contribution in [0, 0.1) is 13.8 Å². The second-order valence-electron chi connectivity index (χ2n) is 7.69. The highest BCUT2D eigenvalue weighted by atomic mass is 35.5. The molecule has 0 unspecified atom stereocenters. The third kappa shape index (κ3) is 4.47. The molecule has 4 N–H and O–H groups in total. The molecule has 172 valence electrons. The van der Waals surface area contributed by atoms with Gasteiger partial charge in [0.05, 0.1) is 17.7 Å². The van der Waals surface area contributed by atoms with Gasteiger partial charge in [-0.15, -0.1) is 0 Å². The van der Waals surface area contributed by atoms with E-state index in [2.05, 4.69) is 20.4 Å². The number of hydrogen-bond donors (Lipinski definition) is 4. The molecule has 8 nitrogen and oxygen atoms in total. The van der Waals surface area contributed by atoms with Gasteiger partial charge in [-0.3, -0.25) is 19.8 Å². The molecule has 0 aliphatic rings. The minimum atomic E-state index is -0.605. The lowest BCUT2D eigenvalue weighted by Gasteiger charge is -2.19. The number of H-pyrrole nitrogens is 4. The Morgan fingerprint density at radius 1 is 0.848 bits per heavy atom. The zero-order chi connectivity index (χ0) is 23.5. The highest BCUT2D eigenvalue weighted by molar-refractivity contribution is 6.31. The van der Waals surface area contributed by atoms with Crippen molar-refractivity contribution in [1.82, 2.24) is 20.4 Å². The molecule has 9 heteroatoms. The van der Waals surface area contributed by atoms with Gasteiger partial charge >= 0.3 is 0 Å². The fourth-order valence-corrected chi connectivity index (χ4v) is 4.14. The number of aromatic amines is 4. The average Bonchev–Trinajstić information content (AvgIpc) is 3.31. The maximum Gasteiger partial charge on any atom is 0.268 e. The van der Waals surface area contributed by atoms with E-state index in [-0.39, 0.29) is 17.7 Å². The standard InChI is InChI=1S/C24H25ClN4O4/c1-4-32-19-11-15(9-10-18(19)33-12-16-7-5-6-8-17(16)25)22(20-13(2)26-28-23(20)30)21-14(3)27-29-24(21)31/h5-11,22H,4,12H2,1-3H3,(H2,26,28,30)(H2,27,29,31). The van der Waals surface area contributed by atoms with Gasteiger partial charge in [-0.2, -0.15) is 0 Å². The van der Waals surface area contributed by atoms with E-state index in [0.29, 0.717) is 45.6 Å². The first kappa shape index (κ1) is 22.5. The summed E-state index contributed by atoms with van der Waals surface area (Å²) in [7, 11) is 0. The van der Waals surface area contributed by atoms with Crippen LogP contribution in [-0.4, -0.2) is 27.0 Å². The van der Waals surface area contributed by atoms with Crippen molar-refractivity contribution >= 4 is 11.6 Å². The molecule has 0 fully saturated rings. The molecule has 0 spiro atoms. The fraction of sp³-hybridized carbons (Fsp3) is 0.250. The monoisotopic (exact) mass is 468 g/mol. The van der Waals surface area contributed by atoms with Crippen LogP contribution in [0.2, 0.25) is 5.02 Å². The van der Waals surface area contributed by atoms with Crippen LogP contribution in [0.5, 0.6) is 11.5 Å². The summed E-state index contributed by atoms with van der Waals surface area (Å²) in [6.45, 7) is 6.16. The van der Waals surface area contributed by atoms with Gasteiger partial charge < -0.3 is 19.7 Å². The molecule has 0 bridgehead atoms. The van der Waals surface area contributed by atoms with E-state index in [0.717, 1.165) is 11.1 Å². The van der Waals surface area contributed by atoms with E-state index in [4.69, 9.17) is 21.1 Å². The second-order valence-corrected chi connectivity index (χ2v) is 8.10. The first-order valence-corrected chi connectivity index (χ1v) is 11.0. The SMILES string of the molecule is CCOc1cc(C(c2c(C)[nH][nH]c2=O)c2c(C)[nH][nH]c2=O)ccc1OCc1ccccc1Cl. The van der Waals surface area contributed by atoms with E-state index in [9.17, 15) is 9.59 Å². The van der Waals surface area contributed by atoms with Crippen LogP contribution < -0.4 is 20.6 Å². The molecule has 0 saturated carbocycles. The molecule has 2 aromatic carbocycles.